The number of benzene rings is 1. The first-order valence-corrected chi connectivity index (χ1v) is 7.69. The van der Waals surface area contributed by atoms with Crippen molar-refractivity contribution in [3.8, 4) is 0 Å². The van der Waals surface area contributed by atoms with Crippen LogP contribution in [-0.2, 0) is 0 Å². The summed E-state index contributed by atoms with van der Waals surface area (Å²) in [6.45, 7) is 4.08. The fourth-order valence-electron chi connectivity index (χ4n) is 2.49. The summed E-state index contributed by atoms with van der Waals surface area (Å²) in [5, 5.41) is 13.0. The van der Waals surface area contributed by atoms with Crippen LogP contribution >= 0.6 is 0 Å². The second kappa shape index (κ2) is 7.33. The second-order valence-electron chi connectivity index (χ2n) is 5.87. The number of carbonyl (C=O) groups is 1. The summed E-state index contributed by atoms with van der Waals surface area (Å²) in [6, 6.07) is 9.27. The smallest absolute Gasteiger partial charge is 0.251 e. The molecule has 0 aliphatic carbocycles. The van der Waals surface area contributed by atoms with Crippen molar-refractivity contribution in [1.82, 2.24) is 5.32 Å². The zero-order valence-corrected chi connectivity index (χ0v) is 14.1. The van der Waals surface area contributed by atoms with Gasteiger partial charge in [-0.2, -0.15) is 0 Å². The molecule has 5 nitrogen and oxygen atoms in total. The Morgan fingerprint density at radius 3 is 2.65 bits per heavy atom. The number of aliphatic hydroxyl groups is 1. The number of aliphatic hydroxyl groups excluding tert-OH is 1. The normalized spacial score (nSPS) is 12.0. The van der Waals surface area contributed by atoms with Gasteiger partial charge in [-0.05, 0) is 44.5 Å². The molecule has 2 N–H and O–H groups in total. The molecular formula is C18H24N2O3. The molecule has 124 valence electrons. The highest BCUT2D eigenvalue weighted by Gasteiger charge is 2.15. The molecule has 0 bridgehead atoms. The van der Waals surface area contributed by atoms with Crippen molar-refractivity contribution in [2.24, 2.45) is 0 Å². The predicted octanol–water partition coefficient (Wildman–Crippen LogP) is 2.82. The number of rotatable bonds is 6. The molecule has 0 saturated carbocycles. The molecule has 1 heterocycles. The molecule has 1 aromatic heterocycles. The van der Waals surface area contributed by atoms with Gasteiger partial charge in [0.25, 0.3) is 5.91 Å². The third kappa shape index (κ3) is 4.36. The topological polar surface area (TPSA) is 65.7 Å². The zero-order chi connectivity index (χ0) is 17.0. The lowest BCUT2D eigenvalue weighted by atomic mass is 10.1. The van der Waals surface area contributed by atoms with Gasteiger partial charge < -0.3 is 19.7 Å². The molecule has 2 aromatic rings. The maximum Gasteiger partial charge on any atom is 0.251 e. The minimum absolute atomic E-state index is 0.138. The standard InChI is InChI=1S/C18H24N2O3/c1-12-10-16(13(2)23-12)17(21)8-9-19-18(22)14-6-5-7-15(11-14)20(3)4/h5-7,10-11,17,21H,8-9H2,1-4H3,(H,19,22). The lowest BCUT2D eigenvalue weighted by Gasteiger charge is -2.14. The fraction of sp³-hybridized carbons (Fsp3) is 0.389. The Hall–Kier alpha value is -2.27. The zero-order valence-electron chi connectivity index (χ0n) is 14.1. The molecule has 23 heavy (non-hydrogen) atoms. The number of furan rings is 1. The summed E-state index contributed by atoms with van der Waals surface area (Å²) in [5.74, 6) is 1.36. The maximum atomic E-state index is 12.2. The molecule has 1 unspecified atom stereocenters. The summed E-state index contributed by atoms with van der Waals surface area (Å²) < 4.78 is 5.42. The van der Waals surface area contributed by atoms with Crippen LogP contribution in [-0.4, -0.2) is 31.7 Å². The molecule has 0 spiro atoms. The predicted molar refractivity (Wildman–Crippen MR) is 90.9 cm³/mol. The summed E-state index contributed by atoms with van der Waals surface area (Å²) in [4.78, 5) is 14.1. The van der Waals surface area contributed by atoms with E-state index in [1.807, 2.05) is 57.1 Å². The monoisotopic (exact) mass is 316 g/mol. The van der Waals surface area contributed by atoms with Crippen LogP contribution in [0, 0.1) is 13.8 Å². The van der Waals surface area contributed by atoms with Crippen molar-refractivity contribution in [1.29, 1.82) is 0 Å². The molecule has 1 aromatic carbocycles. The highest BCUT2D eigenvalue weighted by Crippen LogP contribution is 2.23. The van der Waals surface area contributed by atoms with E-state index in [4.69, 9.17) is 4.42 Å². The van der Waals surface area contributed by atoms with Crippen molar-refractivity contribution in [3.63, 3.8) is 0 Å². The number of carbonyl (C=O) groups excluding carboxylic acids is 1. The van der Waals surface area contributed by atoms with Crippen LogP contribution in [0.15, 0.2) is 34.7 Å². The number of anilines is 1. The molecule has 0 aliphatic heterocycles. The average molecular weight is 316 g/mol. The number of hydrogen-bond acceptors (Lipinski definition) is 4. The van der Waals surface area contributed by atoms with Gasteiger partial charge in [-0.15, -0.1) is 0 Å². The highest BCUT2D eigenvalue weighted by atomic mass is 16.3. The van der Waals surface area contributed by atoms with E-state index in [9.17, 15) is 9.90 Å². The first kappa shape index (κ1) is 17.1. The summed E-state index contributed by atoms with van der Waals surface area (Å²) in [7, 11) is 3.87. The molecule has 1 amide bonds. The van der Waals surface area contributed by atoms with Crippen LogP contribution in [0.3, 0.4) is 0 Å². The van der Waals surface area contributed by atoms with Crippen molar-refractivity contribution >= 4 is 11.6 Å². The van der Waals surface area contributed by atoms with E-state index in [1.165, 1.54) is 0 Å². The quantitative estimate of drug-likeness (QED) is 0.860. The van der Waals surface area contributed by atoms with Gasteiger partial charge in [-0.25, -0.2) is 0 Å². The Bertz CT molecular complexity index is 677. The molecule has 5 heteroatoms. The third-order valence-electron chi connectivity index (χ3n) is 3.77. The van der Waals surface area contributed by atoms with Crippen LogP contribution in [0.4, 0.5) is 5.69 Å². The van der Waals surface area contributed by atoms with Crippen molar-refractivity contribution in [3.05, 3.63) is 53.0 Å². The second-order valence-corrected chi connectivity index (χ2v) is 5.87. The fourth-order valence-corrected chi connectivity index (χ4v) is 2.49. The van der Waals surface area contributed by atoms with Crippen molar-refractivity contribution in [2.45, 2.75) is 26.4 Å². The van der Waals surface area contributed by atoms with E-state index >= 15 is 0 Å². The lowest BCUT2D eigenvalue weighted by Crippen LogP contribution is -2.26. The van der Waals surface area contributed by atoms with Gasteiger partial charge in [0.1, 0.15) is 11.5 Å². The molecule has 2 rings (SSSR count). The first-order valence-electron chi connectivity index (χ1n) is 7.69. The largest absolute Gasteiger partial charge is 0.466 e. The number of hydrogen-bond donors (Lipinski definition) is 2. The Morgan fingerprint density at radius 2 is 2.04 bits per heavy atom. The minimum Gasteiger partial charge on any atom is -0.466 e. The molecule has 0 aliphatic rings. The van der Waals surface area contributed by atoms with E-state index in [0.29, 0.717) is 18.5 Å². The Labute approximate surface area is 136 Å². The summed E-state index contributed by atoms with van der Waals surface area (Å²) in [6.07, 6.45) is -0.195. The highest BCUT2D eigenvalue weighted by molar-refractivity contribution is 5.95. The van der Waals surface area contributed by atoms with Crippen molar-refractivity contribution in [2.75, 3.05) is 25.5 Å². The van der Waals surface area contributed by atoms with Crippen molar-refractivity contribution < 1.29 is 14.3 Å². The molecule has 0 radical (unpaired) electrons. The van der Waals surface area contributed by atoms with Crippen LogP contribution < -0.4 is 10.2 Å². The van der Waals surface area contributed by atoms with E-state index < -0.39 is 6.10 Å². The van der Waals surface area contributed by atoms with E-state index in [-0.39, 0.29) is 5.91 Å². The Balaban J connectivity index is 1.89. The molecular weight excluding hydrogens is 292 g/mol. The van der Waals surface area contributed by atoms with E-state index in [1.54, 1.807) is 6.07 Å². The van der Waals surface area contributed by atoms with E-state index in [0.717, 1.165) is 22.8 Å². The van der Waals surface area contributed by atoms with Crippen LogP contribution in [0.5, 0.6) is 0 Å². The van der Waals surface area contributed by atoms with Crippen LogP contribution in [0.25, 0.3) is 0 Å². The Morgan fingerprint density at radius 1 is 1.30 bits per heavy atom. The molecule has 0 saturated heterocycles. The minimum atomic E-state index is -0.638. The number of amides is 1. The van der Waals surface area contributed by atoms with Gasteiger partial charge in [0.05, 0.1) is 6.10 Å². The van der Waals surface area contributed by atoms with Gasteiger partial charge in [0, 0.05) is 37.5 Å². The van der Waals surface area contributed by atoms with Crippen LogP contribution in [0.2, 0.25) is 0 Å². The van der Waals surface area contributed by atoms with Gasteiger partial charge >= 0.3 is 0 Å². The van der Waals surface area contributed by atoms with Gasteiger partial charge in [0.2, 0.25) is 0 Å². The van der Waals surface area contributed by atoms with Gasteiger partial charge in [-0.3, -0.25) is 4.79 Å². The molecule has 1 atom stereocenters. The maximum absolute atomic E-state index is 12.2. The average Bonchev–Trinajstić information content (AvgIpc) is 2.85. The summed E-state index contributed by atoms with van der Waals surface area (Å²) in [5.41, 5.74) is 2.37. The summed E-state index contributed by atoms with van der Waals surface area (Å²) >= 11 is 0. The first-order chi connectivity index (χ1) is 10.9. The molecule has 0 fully saturated rings. The van der Waals surface area contributed by atoms with Crippen LogP contribution in [0.1, 0.15) is 40.0 Å². The number of aryl methyl sites for hydroxylation is 2. The third-order valence-corrected chi connectivity index (χ3v) is 3.77. The number of nitrogens with zero attached hydrogens (tertiary/aromatic N) is 1. The van der Waals surface area contributed by atoms with Gasteiger partial charge in [-0.1, -0.05) is 6.07 Å². The Kier molecular flexibility index (Phi) is 5.45. The lowest BCUT2D eigenvalue weighted by molar-refractivity contribution is 0.0942. The van der Waals surface area contributed by atoms with Gasteiger partial charge in [0.15, 0.2) is 0 Å². The number of nitrogens with one attached hydrogen (secondary N) is 1. The van der Waals surface area contributed by atoms with E-state index in [2.05, 4.69) is 5.32 Å². The SMILES string of the molecule is Cc1cc(C(O)CCNC(=O)c2cccc(N(C)C)c2)c(C)o1.